The van der Waals surface area contributed by atoms with Gasteiger partial charge in [0.25, 0.3) is 0 Å². The highest BCUT2D eigenvalue weighted by Gasteiger charge is 2.22. The maximum Gasteiger partial charge on any atom is 0.329 e. The largest absolute Gasteiger partial charge is 0.464 e. The Labute approximate surface area is 135 Å². The minimum atomic E-state index is -0.847. The lowest BCUT2D eigenvalue weighted by atomic mass is 10.2. The van der Waals surface area contributed by atoms with Crippen LogP contribution in [0.1, 0.15) is 27.7 Å². The van der Waals surface area contributed by atoms with E-state index in [1.165, 1.54) is 6.92 Å². The molecule has 0 radical (unpaired) electrons. The lowest BCUT2D eigenvalue weighted by molar-refractivity contribution is -0.146. The van der Waals surface area contributed by atoms with Crippen LogP contribution in [-0.4, -0.2) is 35.4 Å². The van der Waals surface area contributed by atoms with Crippen LogP contribution in [0.5, 0.6) is 0 Å². The third kappa shape index (κ3) is 8.46. The summed E-state index contributed by atoms with van der Waals surface area (Å²) in [7, 11) is 0. The molecule has 0 saturated heterocycles. The van der Waals surface area contributed by atoms with Crippen LogP contribution in [0.4, 0.5) is 0 Å². The van der Waals surface area contributed by atoms with Gasteiger partial charge in [-0.15, -0.1) is 0 Å². The van der Waals surface area contributed by atoms with Gasteiger partial charge in [0, 0.05) is 18.2 Å². The molecule has 0 aromatic carbocycles. The highest BCUT2D eigenvalue weighted by Crippen LogP contribution is 2.13. The molecule has 0 fully saturated rings. The van der Waals surface area contributed by atoms with E-state index in [4.69, 9.17) is 4.74 Å². The molecule has 0 saturated carbocycles. The number of rotatable bonds is 8. The molecule has 1 atom stereocenters. The predicted molar refractivity (Wildman–Crippen MR) is 89.4 cm³/mol. The second kappa shape index (κ2) is 10.8. The second-order valence-electron chi connectivity index (χ2n) is 4.49. The lowest BCUT2D eigenvalue weighted by Crippen LogP contribution is -2.42. The Hall–Kier alpha value is -1.82. The Bertz CT molecular complexity index is 494. The summed E-state index contributed by atoms with van der Waals surface area (Å²) in [6.45, 7) is 10.7. The Balaban J connectivity index is 4.60. The van der Waals surface area contributed by atoms with Crippen LogP contribution < -0.4 is 5.32 Å². The molecule has 122 valence electrons. The number of thioether (sulfide) groups is 1. The number of ether oxygens (including phenoxy) is 1. The van der Waals surface area contributed by atoms with Crippen molar-refractivity contribution in [2.45, 2.75) is 33.7 Å². The fourth-order valence-electron chi connectivity index (χ4n) is 1.30. The van der Waals surface area contributed by atoms with Gasteiger partial charge in [-0.25, -0.2) is 4.79 Å². The number of carbonyl (C=O) groups is 3. The molecule has 0 rings (SSSR count). The van der Waals surface area contributed by atoms with Gasteiger partial charge in [-0.05, 0) is 20.8 Å². The first-order valence-electron chi connectivity index (χ1n) is 6.92. The zero-order valence-electron chi connectivity index (χ0n) is 13.5. The normalized spacial score (nSPS) is 12.8. The topological polar surface area (TPSA) is 72.5 Å². The summed E-state index contributed by atoms with van der Waals surface area (Å²) in [4.78, 5) is 34.8. The fourth-order valence-corrected chi connectivity index (χ4v) is 2.10. The van der Waals surface area contributed by atoms with Crippen LogP contribution in [0, 0.1) is 0 Å². The summed E-state index contributed by atoms with van der Waals surface area (Å²) in [6.07, 6.45) is 5.33. The molecule has 5 nitrogen and oxygen atoms in total. The average molecular weight is 325 g/mol. The Morgan fingerprint density at radius 2 is 1.91 bits per heavy atom. The predicted octanol–water partition coefficient (Wildman–Crippen LogP) is 2.39. The van der Waals surface area contributed by atoms with Crippen molar-refractivity contribution in [1.82, 2.24) is 5.32 Å². The van der Waals surface area contributed by atoms with Crippen LogP contribution in [0.3, 0.4) is 0 Å². The molecule has 1 N–H and O–H groups in total. The minimum absolute atomic E-state index is 0.104. The van der Waals surface area contributed by atoms with Crippen LogP contribution in [0.25, 0.3) is 0 Å². The van der Waals surface area contributed by atoms with Crippen molar-refractivity contribution >= 4 is 28.8 Å². The molecule has 0 aliphatic rings. The van der Waals surface area contributed by atoms with E-state index in [0.29, 0.717) is 5.57 Å². The molecule has 22 heavy (non-hydrogen) atoms. The second-order valence-corrected chi connectivity index (χ2v) is 5.49. The average Bonchev–Trinajstić information content (AvgIpc) is 2.47. The summed E-state index contributed by atoms with van der Waals surface area (Å²) in [5, 5.41) is 2.22. The zero-order valence-corrected chi connectivity index (χ0v) is 14.3. The van der Waals surface area contributed by atoms with Crippen molar-refractivity contribution in [2.24, 2.45) is 0 Å². The molecule has 0 spiro atoms. The molecule has 0 aliphatic heterocycles. The van der Waals surface area contributed by atoms with Gasteiger partial charge in [0.1, 0.15) is 6.04 Å². The molecule has 0 aromatic rings. The Morgan fingerprint density at radius 3 is 2.41 bits per heavy atom. The van der Waals surface area contributed by atoms with E-state index >= 15 is 0 Å². The van der Waals surface area contributed by atoms with Crippen molar-refractivity contribution in [2.75, 3.05) is 12.4 Å². The van der Waals surface area contributed by atoms with Crippen molar-refractivity contribution in [3.05, 3.63) is 36.0 Å². The number of hydrogen-bond acceptors (Lipinski definition) is 5. The summed E-state index contributed by atoms with van der Waals surface area (Å²) < 4.78 is 4.87. The van der Waals surface area contributed by atoms with Gasteiger partial charge in [-0.3, -0.25) is 9.59 Å². The van der Waals surface area contributed by atoms with Gasteiger partial charge in [-0.1, -0.05) is 42.1 Å². The number of hydrogen-bond donors (Lipinski definition) is 1. The number of carbonyl (C=O) groups excluding carboxylic acids is 3. The van der Waals surface area contributed by atoms with Gasteiger partial charge in [0.15, 0.2) is 0 Å². The van der Waals surface area contributed by atoms with Crippen molar-refractivity contribution in [1.29, 1.82) is 0 Å². The summed E-state index contributed by atoms with van der Waals surface area (Å²) in [5.74, 6) is -0.801. The monoisotopic (exact) mass is 325 g/mol. The van der Waals surface area contributed by atoms with Crippen LogP contribution in [0.2, 0.25) is 0 Å². The van der Waals surface area contributed by atoms with E-state index in [0.717, 1.165) is 17.3 Å². The molecular weight excluding hydrogens is 302 g/mol. The maximum atomic E-state index is 11.9. The standard InChI is InChI=1S/C16H23NO4S/c1-6-11(3)8-9-12(4)16(20)22-10-14(17-13(5)18)15(19)21-7-2/h6,8-9,14H,4,7,10H2,1-3,5H3,(H,17,18)/b9-8-,11-6-/t14-/m0/s1. The number of nitrogens with one attached hydrogen (secondary N) is 1. The third-order valence-electron chi connectivity index (χ3n) is 2.59. The molecule has 0 unspecified atom stereocenters. The number of esters is 1. The smallest absolute Gasteiger partial charge is 0.329 e. The molecular formula is C16H23NO4S. The first-order chi connectivity index (χ1) is 10.3. The van der Waals surface area contributed by atoms with E-state index in [2.05, 4.69) is 11.9 Å². The lowest BCUT2D eigenvalue weighted by Gasteiger charge is -2.15. The third-order valence-corrected chi connectivity index (χ3v) is 3.62. The van der Waals surface area contributed by atoms with Crippen molar-refractivity contribution in [3.8, 4) is 0 Å². The molecule has 0 aliphatic carbocycles. The first-order valence-corrected chi connectivity index (χ1v) is 7.91. The van der Waals surface area contributed by atoms with E-state index < -0.39 is 12.0 Å². The highest BCUT2D eigenvalue weighted by molar-refractivity contribution is 8.14. The molecule has 1 amide bonds. The molecule has 0 heterocycles. The van der Waals surface area contributed by atoms with E-state index in [1.54, 1.807) is 19.1 Å². The SMILES string of the molecule is C=C(/C=C\C(C)=C/C)C(=O)SC[C@H](NC(C)=O)C(=O)OCC. The Kier molecular flexibility index (Phi) is 9.95. The zero-order chi connectivity index (χ0) is 17.1. The summed E-state index contributed by atoms with van der Waals surface area (Å²) in [6, 6.07) is -0.847. The molecule has 0 aromatic heterocycles. The Morgan fingerprint density at radius 1 is 1.27 bits per heavy atom. The maximum absolute atomic E-state index is 11.9. The minimum Gasteiger partial charge on any atom is -0.464 e. The number of amides is 1. The van der Waals surface area contributed by atoms with E-state index in [1.807, 2.05) is 19.9 Å². The number of allylic oxidation sites excluding steroid dienone is 4. The van der Waals surface area contributed by atoms with Gasteiger partial charge < -0.3 is 10.1 Å². The molecule has 6 heteroatoms. The van der Waals surface area contributed by atoms with Crippen molar-refractivity contribution < 1.29 is 19.1 Å². The van der Waals surface area contributed by atoms with Gasteiger partial charge in [0.2, 0.25) is 11.0 Å². The summed E-state index contributed by atoms with van der Waals surface area (Å²) >= 11 is 0.923. The summed E-state index contributed by atoms with van der Waals surface area (Å²) in [5.41, 5.74) is 1.35. The van der Waals surface area contributed by atoms with E-state index in [-0.39, 0.29) is 23.4 Å². The van der Waals surface area contributed by atoms with E-state index in [9.17, 15) is 14.4 Å². The molecule has 0 bridgehead atoms. The highest BCUT2D eigenvalue weighted by atomic mass is 32.2. The van der Waals surface area contributed by atoms with Gasteiger partial charge in [0.05, 0.1) is 6.61 Å². The van der Waals surface area contributed by atoms with Crippen LogP contribution >= 0.6 is 11.8 Å². The van der Waals surface area contributed by atoms with Crippen LogP contribution in [-0.2, 0) is 19.1 Å². The van der Waals surface area contributed by atoms with Crippen molar-refractivity contribution in [3.63, 3.8) is 0 Å². The quantitative estimate of drug-likeness (QED) is 0.421. The fraction of sp³-hybridized carbons (Fsp3) is 0.438. The van der Waals surface area contributed by atoms with Crippen LogP contribution in [0.15, 0.2) is 36.0 Å². The van der Waals surface area contributed by atoms with Gasteiger partial charge in [-0.2, -0.15) is 0 Å². The first kappa shape index (κ1) is 20.2. The van der Waals surface area contributed by atoms with Gasteiger partial charge >= 0.3 is 5.97 Å².